The van der Waals surface area contributed by atoms with Crippen LogP contribution < -0.4 is 0 Å². The SMILES string of the molecule is FC(F)(F)COCC(Cl)c1ccc(Cl)c2ccccc12. The Bertz CT molecular complexity index is 598. The Kier molecular flexibility index (Phi) is 4.78. The molecule has 0 saturated carbocycles. The second-order valence-corrected chi connectivity index (χ2v) is 5.21. The molecule has 0 heterocycles. The first-order valence-electron chi connectivity index (χ1n) is 5.84. The van der Waals surface area contributed by atoms with E-state index in [-0.39, 0.29) is 6.61 Å². The first kappa shape index (κ1) is 15.4. The molecule has 0 bridgehead atoms. The van der Waals surface area contributed by atoms with Crippen LogP contribution in [-0.4, -0.2) is 19.4 Å². The minimum absolute atomic E-state index is 0.216. The molecular formula is C14H11Cl2F3O. The highest BCUT2D eigenvalue weighted by Crippen LogP contribution is 2.33. The summed E-state index contributed by atoms with van der Waals surface area (Å²) in [6.45, 7) is -1.52. The number of rotatable bonds is 4. The van der Waals surface area contributed by atoms with Gasteiger partial charge in [-0.1, -0.05) is 41.9 Å². The average molecular weight is 323 g/mol. The third kappa shape index (κ3) is 3.78. The molecule has 0 aliphatic heterocycles. The predicted molar refractivity (Wildman–Crippen MR) is 74.4 cm³/mol. The van der Waals surface area contributed by atoms with Crippen LogP contribution in [0.4, 0.5) is 13.2 Å². The Balaban J connectivity index is 2.18. The molecular weight excluding hydrogens is 312 g/mol. The molecule has 1 unspecified atom stereocenters. The van der Waals surface area contributed by atoms with Gasteiger partial charge in [0.1, 0.15) is 6.61 Å². The predicted octanol–water partition coefficient (Wildman–Crippen LogP) is 5.35. The van der Waals surface area contributed by atoms with Gasteiger partial charge < -0.3 is 4.74 Å². The molecule has 0 amide bonds. The van der Waals surface area contributed by atoms with Gasteiger partial charge in [-0.15, -0.1) is 11.6 Å². The van der Waals surface area contributed by atoms with Crippen molar-refractivity contribution in [2.24, 2.45) is 0 Å². The van der Waals surface area contributed by atoms with Gasteiger partial charge in [0.05, 0.1) is 12.0 Å². The lowest BCUT2D eigenvalue weighted by atomic mass is 10.0. The Morgan fingerprint density at radius 3 is 2.35 bits per heavy atom. The van der Waals surface area contributed by atoms with E-state index in [1.807, 2.05) is 24.3 Å². The topological polar surface area (TPSA) is 9.23 Å². The first-order valence-corrected chi connectivity index (χ1v) is 6.65. The van der Waals surface area contributed by atoms with E-state index in [0.717, 1.165) is 10.8 Å². The number of fused-ring (bicyclic) bond motifs is 1. The van der Waals surface area contributed by atoms with Crippen molar-refractivity contribution < 1.29 is 17.9 Å². The van der Waals surface area contributed by atoms with Gasteiger partial charge in [0, 0.05) is 10.4 Å². The van der Waals surface area contributed by atoms with Gasteiger partial charge in [-0.3, -0.25) is 0 Å². The zero-order valence-electron chi connectivity index (χ0n) is 10.3. The molecule has 2 rings (SSSR count). The summed E-state index contributed by atoms with van der Waals surface area (Å²) in [6, 6.07) is 10.7. The van der Waals surface area contributed by atoms with Crippen molar-refractivity contribution in [3.8, 4) is 0 Å². The zero-order chi connectivity index (χ0) is 14.8. The molecule has 0 spiro atoms. The lowest BCUT2D eigenvalue weighted by Crippen LogP contribution is -2.18. The molecule has 2 aromatic carbocycles. The number of hydrogen-bond donors (Lipinski definition) is 0. The largest absolute Gasteiger partial charge is 0.411 e. The maximum Gasteiger partial charge on any atom is 0.411 e. The number of ether oxygens (including phenoxy) is 1. The first-order chi connectivity index (χ1) is 9.38. The second-order valence-electron chi connectivity index (χ2n) is 4.28. The Hall–Kier alpha value is -0.970. The quantitative estimate of drug-likeness (QED) is 0.689. The fourth-order valence-electron chi connectivity index (χ4n) is 1.93. The third-order valence-electron chi connectivity index (χ3n) is 2.77. The lowest BCUT2D eigenvalue weighted by molar-refractivity contribution is -0.173. The van der Waals surface area contributed by atoms with E-state index in [9.17, 15) is 13.2 Å². The van der Waals surface area contributed by atoms with Gasteiger partial charge in [-0.25, -0.2) is 0 Å². The Labute approximate surface area is 124 Å². The normalized spacial score (nSPS) is 13.7. The summed E-state index contributed by atoms with van der Waals surface area (Å²) in [6.07, 6.45) is -4.35. The minimum atomic E-state index is -4.35. The van der Waals surface area contributed by atoms with Crippen molar-refractivity contribution in [1.29, 1.82) is 0 Å². The molecule has 0 aromatic heterocycles. The van der Waals surface area contributed by atoms with Crippen LogP contribution in [0.3, 0.4) is 0 Å². The maximum atomic E-state index is 12.0. The summed E-state index contributed by atoms with van der Waals surface area (Å²) in [7, 11) is 0. The number of alkyl halides is 4. The molecule has 108 valence electrons. The molecule has 0 N–H and O–H groups in total. The van der Waals surface area contributed by atoms with Gasteiger partial charge in [0.15, 0.2) is 0 Å². The van der Waals surface area contributed by atoms with Gasteiger partial charge in [-0.05, 0) is 17.0 Å². The van der Waals surface area contributed by atoms with Gasteiger partial charge in [0.25, 0.3) is 0 Å². The van der Waals surface area contributed by atoms with Crippen LogP contribution in [0.15, 0.2) is 36.4 Å². The van der Waals surface area contributed by atoms with Crippen molar-refractivity contribution in [3.05, 3.63) is 47.0 Å². The van der Waals surface area contributed by atoms with Crippen molar-refractivity contribution in [3.63, 3.8) is 0 Å². The average Bonchev–Trinajstić information content (AvgIpc) is 2.38. The van der Waals surface area contributed by atoms with Crippen molar-refractivity contribution in [1.82, 2.24) is 0 Å². The van der Waals surface area contributed by atoms with Crippen LogP contribution in [-0.2, 0) is 4.74 Å². The summed E-state index contributed by atoms with van der Waals surface area (Å²) < 4.78 is 40.7. The number of benzene rings is 2. The molecule has 0 radical (unpaired) electrons. The minimum Gasteiger partial charge on any atom is -0.370 e. The van der Waals surface area contributed by atoms with Crippen LogP contribution in [0.2, 0.25) is 5.02 Å². The number of halogens is 5. The van der Waals surface area contributed by atoms with Crippen LogP contribution in [0.1, 0.15) is 10.9 Å². The Morgan fingerprint density at radius 1 is 1.05 bits per heavy atom. The van der Waals surface area contributed by atoms with Crippen molar-refractivity contribution >= 4 is 34.0 Å². The molecule has 20 heavy (non-hydrogen) atoms. The lowest BCUT2D eigenvalue weighted by Gasteiger charge is -2.15. The molecule has 0 aliphatic rings. The van der Waals surface area contributed by atoms with E-state index in [4.69, 9.17) is 23.2 Å². The fraction of sp³-hybridized carbons (Fsp3) is 0.286. The standard InChI is InChI=1S/C14H11Cl2F3O/c15-12-6-5-11(9-3-1-2-4-10(9)12)13(16)7-20-8-14(17,18)19/h1-6,13H,7-8H2. The van der Waals surface area contributed by atoms with E-state index in [0.29, 0.717) is 10.6 Å². The maximum absolute atomic E-state index is 12.0. The van der Waals surface area contributed by atoms with E-state index in [2.05, 4.69) is 4.74 Å². The van der Waals surface area contributed by atoms with Gasteiger partial charge in [-0.2, -0.15) is 13.2 Å². The number of hydrogen-bond acceptors (Lipinski definition) is 1. The highest BCUT2D eigenvalue weighted by molar-refractivity contribution is 6.35. The van der Waals surface area contributed by atoms with Crippen molar-refractivity contribution in [2.45, 2.75) is 11.6 Å². The molecule has 1 atom stereocenters. The molecule has 0 fully saturated rings. The zero-order valence-corrected chi connectivity index (χ0v) is 11.8. The van der Waals surface area contributed by atoms with Crippen LogP contribution in [0.5, 0.6) is 0 Å². The molecule has 2 aromatic rings. The van der Waals surface area contributed by atoms with Crippen LogP contribution >= 0.6 is 23.2 Å². The van der Waals surface area contributed by atoms with Crippen LogP contribution in [0, 0.1) is 0 Å². The molecule has 6 heteroatoms. The smallest absolute Gasteiger partial charge is 0.370 e. The van der Waals surface area contributed by atoms with E-state index in [1.54, 1.807) is 12.1 Å². The van der Waals surface area contributed by atoms with Gasteiger partial charge in [0.2, 0.25) is 0 Å². The van der Waals surface area contributed by atoms with E-state index in [1.165, 1.54) is 0 Å². The highest BCUT2D eigenvalue weighted by atomic mass is 35.5. The second kappa shape index (κ2) is 6.20. The fourth-order valence-corrected chi connectivity index (χ4v) is 2.43. The third-order valence-corrected chi connectivity index (χ3v) is 3.46. The summed E-state index contributed by atoms with van der Waals surface area (Å²) >= 11 is 12.2. The van der Waals surface area contributed by atoms with E-state index < -0.39 is 18.2 Å². The molecule has 0 aliphatic carbocycles. The molecule has 1 nitrogen and oxygen atoms in total. The summed E-state index contributed by atoms with van der Waals surface area (Å²) in [5, 5.41) is 1.53. The Morgan fingerprint density at radius 2 is 1.70 bits per heavy atom. The van der Waals surface area contributed by atoms with Crippen LogP contribution in [0.25, 0.3) is 10.8 Å². The summed E-state index contributed by atoms with van der Waals surface area (Å²) in [5.41, 5.74) is 0.703. The monoisotopic (exact) mass is 322 g/mol. The van der Waals surface area contributed by atoms with Crippen molar-refractivity contribution in [2.75, 3.05) is 13.2 Å². The summed E-state index contributed by atoms with van der Waals surface area (Å²) in [4.78, 5) is 0. The van der Waals surface area contributed by atoms with Gasteiger partial charge >= 0.3 is 6.18 Å². The molecule has 0 saturated heterocycles. The summed E-state index contributed by atoms with van der Waals surface area (Å²) in [5.74, 6) is 0. The highest BCUT2D eigenvalue weighted by Gasteiger charge is 2.28. The van der Waals surface area contributed by atoms with E-state index >= 15 is 0 Å².